The van der Waals surface area contributed by atoms with Gasteiger partial charge in [-0.1, -0.05) is 0 Å². The van der Waals surface area contributed by atoms with Crippen molar-refractivity contribution < 1.29 is 17.9 Å². The van der Waals surface area contributed by atoms with E-state index in [4.69, 9.17) is 14.6 Å². The van der Waals surface area contributed by atoms with Crippen LogP contribution in [-0.2, 0) is 19.5 Å². The number of rotatable bonds is 3. The van der Waals surface area contributed by atoms with Crippen molar-refractivity contribution in [1.29, 1.82) is 0 Å². The van der Waals surface area contributed by atoms with Gasteiger partial charge in [0.1, 0.15) is 5.25 Å². The highest BCUT2D eigenvalue weighted by Gasteiger charge is 2.34. The highest BCUT2D eigenvalue weighted by atomic mass is 32.2. The molecule has 0 saturated carbocycles. The normalized spacial score (nSPS) is 30.3. The van der Waals surface area contributed by atoms with Crippen LogP contribution in [0.3, 0.4) is 0 Å². The summed E-state index contributed by atoms with van der Waals surface area (Å²) < 4.78 is 32.6. The first-order chi connectivity index (χ1) is 6.05. The van der Waals surface area contributed by atoms with Crippen LogP contribution in [0.4, 0.5) is 0 Å². The summed E-state index contributed by atoms with van der Waals surface area (Å²) in [5.74, 6) is 0. The van der Waals surface area contributed by atoms with E-state index in [1.165, 1.54) is 0 Å². The number of nitrogens with two attached hydrogens (primary N) is 1. The van der Waals surface area contributed by atoms with Gasteiger partial charge in [0, 0.05) is 13.2 Å². The van der Waals surface area contributed by atoms with Crippen LogP contribution in [0.15, 0.2) is 0 Å². The maximum absolute atomic E-state index is 11.1. The molecule has 0 amide bonds. The van der Waals surface area contributed by atoms with Gasteiger partial charge in [-0.3, -0.25) is 0 Å². The fourth-order valence-corrected chi connectivity index (χ4v) is 2.44. The quantitative estimate of drug-likeness (QED) is 0.677. The highest BCUT2D eigenvalue weighted by Crippen LogP contribution is 2.16. The molecule has 0 aromatic rings. The third kappa shape index (κ3) is 2.91. The van der Waals surface area contributed by atoms with E-state index in [-0.39, 0.29) is 0 Å². The molecule has 0 aromatic heterocycles. The van der Waals surface area contributed by atoms with Gasteiger partial charge in [-0.05, 0) is 13.3 Å². The van der Waals surface area contributed by atoms with Crippen LogP contribution in [0.1, 0.15) is 13.3 Å². The Morgan fingerprint density at radius 1 is 1.62 bits per heavy atom. The molecule has 78 valence electrons. The molecule has 0 aliphatic carbocycles. The average Bonchev–Trinajstić information content (AvgIpc) is 2.04. The first kappa shape index (κ1) is 10.9. The van der Waals surface area contributed by atoms with E-state index in [0.717, 1.165) is 0 Å². The van der Waals surface area contributed by atoms with E-state index in [1.807, 2.05) is 6.92 Å². The van der Waals surface area contributed by atoms with Crippen molar-refractivity contribution in [3.63, 3.8) is 0 Å². The predicted octanol–water partition coefficient (Wildman–Crippen LogP) is -0.531. The van der Waals surface area contributed by atoms with Crippen molar-refractivity contribution in [2.45, 2.75) is 24.7 Å². The van der Waals surface area contributed by atoms with Gasteiger partial charge in [-0.25, -0.2) is 13.6 Å². The van der Waals surface area contributed by atoms with Gasteiger partial charge < -0.3 is 9.47 Å². The van der Waals surface area contributed by atoms with E-state index in [0.29, 0.717) is 26.2 Å². The molecule has 2 unspecified atom stereocenters. The standard InChI is InChI=1S/C7H15NO4S/c1-2-12-6-5-11-4-3-7(6)13(8,9)10/h6-7H,2-5H2,1H3,(H2,8,9,10). The lowest BCUT2D eigenvalue weighted by Crippen LogP contribution is -2.46. The first-order valence-corrected chi connectivity index (χ1v) is 5.87. The van der Waals surface area contributed by atoms with Crippen LogP contribution in [0.25, 0.3) is 0 Å². The van der Waals surface area contributed by atoms with Gasteiger partial charge in [0.2, 0.25) is 10.0 Å². The fraction of sp³-hybridized carbons (Fsp3) is 1.00. The van der Waals surface area contributed by atoms with E-state index >= 15 is 0 Å². The van der Waals surface area contributed by atoms with E-state index < -0.39 is 21.4 Å². The van der Waals surface area contributed by atoms with Crippen molar-refractivity contribution in [3.05, 3.63) is 0 Å². The number of ether oxygens (including phenoxy) is 2. The minimum Gasteiger partial charge on any atom is -0.379 e. The second-order valence-corrected chi connectivity index (χ2v) is 4.77. The van der Waals surface area contributed by atoms with Crippen LogP contribution in [0.5, 0.6) is 0 Å². The Kier molecular flexibility index (Phi) is 3.66. The summed E-state index contributed by atoms with van der Waals surface area (Å²) in [7, 11) is -3.50. The maximum Gasteiger partial charge on any atom is 0.214 e. The molecule has 1 saturated heterocycles. The van der Waals surface area contributed by atoms with E-state index in [1.54, 1.807) is 0 Å². The zero-order valence-electron chi connectivity index (χ0n) is 7.60. The molecule has 2 atom stereocenters. The summed E-state index contributed by atoms with van der Waals surface area (Å²) >= 11 is 0. The molecule has 0 bridgehead atoms. The zero-order chi connectivity index (χ0) is 9.90. The SMILES string of the molecule is CCOC1COCCC1S(N)(=O)=O. The minimum atomic E-state index is -3.50. The molecular formula is C7H15NO4S. The Hall–Kier alpha value is -0.170. The van der Waals surface area contributed by atoms with Crippen LogP contribution in [0.2, 0.25) is 0 Å². The Bertz CT molecular complexity index is 249. The molecular weight excluding hydrogens is 194 g/mol. The van der Waals surface area contributed by atoms with Crippen molar-refractivity contribution in [2.75, 3.05) is 19.8 Å². The van der Waals surface area contributed by atoms with E-state index in [9.17, 15) is 8.42 Å². The van der Waals surface area contributed by atoms with Crippen LogP contribution in [0, 0.1) is 0 Å². The molecule has 0 spiro atoms. The first-order valence-electron chi connectivity index (χ1n) is 4.26. The highest BCUT2D eigenvalue weighted by molar-refractivity contribution is 7.89. The summed E-state index contributed by atoms with van der Waals surface area (Å²) in [6.07, 6.45) is 0.0116. The van der Waals surface area contributed by atoms with Gasteiger partial charge in [0.05, 0.1) is 12.7 Å². The molecule has 2 N–H and O–H groups in total. The van der Waals surface area contributed by atoms with Gasteiger partial charge in [0.15, 0.2) is 0 Å². The summed E-state index contributed by atoms with van der Waals surface area (Å²) in [5.41, 5.74) is 0. The van der Waals surface area contributed by atoms with Gasteiger partial charge in [-0.15, -0.1) is 0 Å². The number of primary sulfonamides is 1. The topological polar surface area (TPSA) is 78.6 Å². The third-order valence-electron chi connectivity index (χ3n) is 2.05. The number of hydrogen-bond donors (Lipinski definition) is 1. The molecule has 1 aliphatic heterocycles. The molecule has 1 heterocycles. The van der Waals surface area contributed by atoms with Crippen LogP contribution in [-0.4, -0.2) is 39.6 Å². The van der Waals surface area contributed by atoms with E-state index in [2.05, 4.69) is 0 Å². The number of sulfonamides is 1. The molecule has 0 radical (unpaired) electrons. The minimum absolute atomic E-state index is 0.314. The van der Waals surface area contributed by atoms with Crippen LogP contribution < -0.4 is 5.14 Å². The molecule has 5 nitrogen and oxygen atoms in total. The Balaban J connectivity index is 2.67. The van der Waals surface area contributed by atoms with Gasteiger partial charge >= 0.3 is 0 Å². The lowest BCUT2D eigenvalue weighted by atomic mass is 10.1. The van der Waals surface area contributed by atoms with Crippen molar-refractivity contribution in [1.82, 2.24) is 0 Å². The van der Waals surface area contributed by atoms with Crippen molar-refractivity contribution in [2.24, 2.45) is 5.14 Å². The van der Waals surface area contributed by atoms with Crippen molar-refractivity contribution >= 4 is 10.0 Å². The number of hydrogen-bond acceptors (Lipinski definition) is 4. The zero-order valence-corrected chi connectivity index (χ0v) is 8.42. The molecule has 6 heteroatoms. The fourth-order valence-electron chi connectivity index (χ4n) is 1.44. The largest absolute Gasteiger partial charge is 0.379 e. The molecule has 1 rings (SSSR count). The molecule has 13 heavy (non-hydrogen) atoms. The Labute approximate surface area is 78.3 Å². The summed E-state index contributed by atoms with van der Waals surface area (Å²) in [4.78, 5) is 0. The second-order valence-electron chi connectivity index (χ2n) is 2.98. The lowest BCUT2D eigenvalue weighted by molar-refractivity contribution is -0.0430. The summed E-state index contributed by atoms with van der Waals surface area (Å²) in [6, 6.07) is 0. The molecule has 0 aromatic carbocycles. The predicted molar refractivity (Wildman–Crippen MR) is 47.7 cm³/mol. The lowest BCUT2D eigenvalue weighted by Gasteiger charge is -2.29. The average molecular weight is 209 g/mol. The Morgan fingerprint density at radius 3 is 2.85 bits per heavy atom. The maximum atomic E-state index is 11.1. The van der Waals surface area contributed by atoms with Gasteiger partial charge in [0.25, 0.3) is 0 Å². The summed E-state index contributed by atoms with van der Waals surface area (Å²) in [5, 5.41) is 4.46. The summed E-state index contributed by atoms with van der Waals surface area (Å²) in [6.45, 7) is 3.04. The smallest absolute Gasteiger partial charge is 0.214 e. The second kappa shape index (κ2) is 4.36. The molecule has 1 aliphatic rings. The Morgan fingerprint density at radius 2 is 2.31 bits per heavy atom. The van der Waals surface area contributed by atoms with Gasteiger partial charge in [-0.2, -0.15) is 0 Å². The monoisotopic (exact) mass is 209 g/mol. The molecule has 1 fully saturated rings. The van der Waals surface area contributed by atoms with Crippen molar-refractivity contribution in [3.8, 4) is 0 Å². The van der Waals surface area contributed by atoms with Crippen LogP contribution >= 0.6 is 0 Å². The third-order valence-corrected chi connectivity index (χ3v) is 3.43.